The van der Waals surface area contributed by atoms with Crippen LogP contribution in [0.15, 0.2) is 18.2 Å². The molecule has 9 nitrogen and oxygen atoms in total. The summed E-state index contributed by atoms with van der Waals surface area (Å²) in [6.07, 6.45) is -0.554. The summed E-state index contributed by atoms with van der Waals surface area (Å²) in [5, 5.41) is 0. The lowest BCUT2D eigenvalue weighted by Gasteiger charge is -2.33. The van der Waals surface area contributed by atoms with Crippen molar-refractivity contribution in [2.75, 3.05) is 66.5 Å². The van der Waals surface area contributed by atoms with E-state index in [1.807, 2.05) is 25.2 Å². The molecule has 0 N–H and O–H groups in total. The minimum atomic E-state index is -0.278. The normalized spacial score (nSPS) is 18.8. The van der Waals surface area contributed by atoms with Crippen molar-refractivity contribution in [2.24, 2.45) is 0 Å². The molecule has 9 heteroatoms. The van der Waals surface area contributed by atoms with E-state index in [-0.39, 0.29) is 18.8 Å². The number of carbonyl (C=O) groups excluding carboxylic acids is 2. The van der Waals surface area contributed by atoms with Gasteiger partial charge in [-0.05, 0) is 19.2 Å². The SMILES string of the molecule is COC(=O)N1CCN(Cc2cccc(COC(=O)N3CCN(C)CC3)n2)CC1. The van der Waals surface area contributed by atoms with Crippen molar-refractivity contribution in [1.82, 2.24) is 24.6 Å². The standard InChI is InChI=1S/C19H29N5O4/c1-21-6-10-24(11-7-21)19(26)28-15-17-5-3-4-16(20-17)14-22-8-12-23(13-9-22)18(25)27-2/h3-5H,6-15H2,1-2H3. The molecule has 0 saturated carbocycles. The Morgan fingerprint density at radius 2 is 1.54 bits per heavy atom. The number of aromatic nitrogens is 1. The number of pyridine rings is 1. The van der Waals surface area contributed by atoms with Crippen molar-refractivity contribution in [3.8, 4) is 0 Å². The van der Waals surface area contributed by atoms with Gasteiger partial charge in [0.25, 0.3) is 0 Å². The number of piperazine rings is 2. The number of likely N-dealkylation sites (N-methyl/N-ethyl adjacent to an activating group) is 1. The maximum absolute atomic E-state index is 12.2. The minimum Gasteiger partial charge on any atom is -0.453 e. The fraction of sp³-hybridized carbons (Fsp3) is 0.632. The summed E-state index contributed by atoms with van der Waals surface area (Å²) in [4.78, 5) is 36.3. The van der Waals surface area contributed by atoms with Crippen LogP contribution in [0.1, 0.15) is 11.4 Å². The van der Waals surface area contributed by atoms with E-state index in [1.165, 1.54) is 7.11 Å². The summed E-state index contributed by atoms with van der Waals surface area (Å²) in [5.41, 5.74) is 1.67. The zero-order valence-electron chi connectivity index (χ0n) is 16.7. The second kappa shape index (κ2) is 9.70. The van der Waals surface area contributed by atoms with Gasteiger partial charge in [0, 0.05) is 58.9 Å². The van der Waals surface area contributed by atoms with Gasteiger partial charge in [-0.3, -0.25) is 9.88 Å². The summed E-state index contributed by atoms with van der Waals surface area (Å²) in [7, 11) is 3.45. The Hall–Kier alpha value is -2.39. The monoisotopic (exact) mass is 391 g/mol. The van der Waals surface area contributed by atoms with E-state index in [2.05, 4.69) is 14.8 Å². The summed E-state index contributed by atoms with van der Waals surface area (Å²) >= 11 is 0. The summed E-state index contributed by atoms with van der Waals surface area (Å²) < 4.78 is 10.2. The molecular weight excluding hydrogens is 362 g/mol. The Kier molecular flexibility index (Phi) is 7.05. The van der Waals surface area contributed by atoms with E-state index in [9.17, 15) is 9.59 Å². The molecule has 0 bridgehead atoms. The van der Waals surface area contributed by atoms with Gasteiger partial charge in [-0.15, -0.1) is 0 Å². The minimum absolute atomic E-state index is 0.176. The Labute approximate surface area is 165 Å². The van der Waals surface area contributed by atoms with Crippen molar-refractivity contribution < 1.29 is 19.1 Å². The number of hydrogen-bond acceptors (Lipinski definition) is 7. The highest BCUT2D eigenvalue weighted by Crippen LogP contribution is 2.10. The molecule has 2 fully saturated rings. The van der Waals surface area contributed by atoms with Gasteiger partial charge in [0.05, 0.1) is 18.5 Å². The predicted octanol–water partition coefficient (Wildman–Crippen LogP) is 0.850. The van der Waals surface area contributed by atoms with E-state index in [4.69, 9.17) is 9.47 Å². The van der Waals surface area contributed by atoms with Crippen molar-refractivity contribution in [3.05, 3.63) is 29.6 Å². The molecule has 0 spiro atoms. The number of ether oxygens (including phenoxy) is 2. The fourth-order valence-electron chi connectivity index (χ4n) is 3.36. The number of amides is 2. The molecule has 2 aliphatic heterocycles. The zero-order valence-corrected chi connectivity index (χ0v) is 16.7. The molecule has 2 saturated heterocycles. The van der Waals surface area contributed by atoms with E-state index in [1.54, 1.807) is 9.80 Å². The van der Waals surface area contributed by atoms with Gasteiger partial charge in [0.2, 0.25) is 0 Å². The Bertz CT molecular complexity index is 670. The molecule has 2 amide bonds. The van der Waals surface area contributed by atoms with Gasteiger partial charge in [-0.25, -0.2) is 9.59 Å². The fourth-order valence-corrected chi connectivity index (χ4v) is 3.36. The highest BCUT2D eigenvalue weighted by molar-refractivity contribution is 5.68. The topological polar surface area (TPSA) is 78.5 Å². The van der Waals surface area contributed by atoms with E-state index < -0.39 is 0 Å². The second-order valence-corrected chi connectivity index (χ2v) is 7.20. The third-order valence-electron chi connectivity index (χ3n) is 5.16. The van der Waals surface area contributed by atoms with Crippen LogP contribution in [0.4, 0.5) is 9.59 Å². The first-order valence-corrected chi connectivity index (χ1v) is 9.65. The van der Waals surface area contributed by atoms with Crippen LogP contribution in [0.5, 0.6) is 0 Å². The van der Waals surface area contributed by atoms with Gasteiger partial charge >= 0.3 is 12.2 Å². The first-order valence-electron chi connectivity index (χ1n) is 9.65. The molecule has 1 aromatic rings. The number of methoxy groups -OCH3 is 1. The van der Waals surface area contributed by atoms with Crippen molar-refractivity contribution >= 4 is 12.2 Å². The van der Waals surface area contributed by atoms with E-state index in [0.29, 0.717) is 32.7 Å². The van der Waals surface area contributed by atoms with Crippen LogP contribution in [0.2, 0.25) is 0 Å². The molecule has 28 heavy (non-hydrogen) atoms. The lowest BCUT2D eigenvalue weighted by molar-refractivity contribution is 0.0757. The van der Waals surface area contributed by atoms with Gasteiger partial charge in [-0.1, -0.05) is 6.07 Å². The van der Waals surface area contributed by atoms with Crippen LogP contribution in [0, 0.1) is 0 Å². The second-order valence-electron chi connectivity index (χ2n) is 7.20. The van der Waals surface area contributed by atoms with Crippen molar-refractivity contribution in [3.63, 3.8) is 0 Å². The number of carbonyl (C=O) groups is 2. The Morgan fingerprint density at radius 3 is 2.21 bits per heavy atom. The summed E-state index contributed by atoms with van der Waals surface area (Å²) in [6.45, 7) is 6.85. The van der Waals surface area contributed by atoms with Crippen LogP contribution in [0.3, 0.4) is 0 Å². The van der Waals surface area contributed by atoms with Crippen LogP contribution >= 0.6 is 0 Å². The van der Waals surface area contributed by atoms with E-state index >= 15 is 0 Å². The van der Waals surface area contributed by atoms with Crippen molar-refractivity contribution in [1.29, 1.82) is 0 Å². The lowest BCUT2D eigenvalue weighted by atomic mass is 10.2. The maximum Gasteiger partial charge on any atom is 0.410 e. The van der Waals surface area contributed by atoms with Crippen LogP contribution < -0.4 is 0 Å². The third kappa shape index (κ3) is 5.56. The summed E-state index contributed by atoms with van der Waals surface area (Å²) in [5.74, 6) is 0. The lowest BCUT2D eigenvalue weighted by Crippen LogP contribution is -2.48. The Balaban J connectivity index is 1.45. The Morgan fingerprint density at radius 1 is 0.929 bits per heavy atom. The summed E-state index contributed by atoms with van der Waals surface area (Å²) in [6, 6.07) is 5.78. The molecule has 3 heterocycles. The number of rotatable bonds is 4. The zero-order chi connectivity index (χ0) is 19.9. The van der Waals surface area contributed by atoms with Crippen LogP contribution in [0.25, 0.3) is 0 Å². The van der Waals surface area contributed by atoms with Gasteiger partial charge in [-0.2, -0.15) is 0 Å². The average molecular weight is 391 g/mol. The molecule has 0 atom stereocenters. The highest BCUT2D eigenvalue weighted by atomic mass is 16.6. The molecule has 3 rings (SSSR count). The number of hydrogen-bond donors (Lipinski definition) is 0. The molecule has 2 aliphatic rings. The smallest absolute Gasteiger partial charge is 0.410 e. The molecule has 0 aromatic carbocycles. The van der Waals surface area contributed by atoms with Crippen LogP contribution in [-0.4, -0.2) is 103 Å². The van der Waals surface area contributed by atoms with Gasteiger partial charge in [0.15, 0.2) is 0 Å². The molecule has 0 radical (unpaired) electrons. The van der Waals surface area contributed by atoms with Gasteiger partial charge in [0.1, 0.15) is 6.61 Å². The predicted molar refractivity (Wildman–Crippen MR) is 103 cm³/mol. The number of nitrogens with zero attached hydrogens (tertiary/aromatic N) is 5. The molecule has 154 valence electrons. The molecular formula is C19H29N5O4. The third-order valence-corrected chi connectivity index (χ3v) is 5.16. The quantitative estimate of drug-likeness (QED) is 0.753. The van der Waals surface area contributed by atoms with Crippen LogP contribution in [-0.2, 0) is 22.6 Å². The first kappa shape index (κ1) is 20.3. The maximum atomic E-state index is 12.2. The molecule has 0 unspecified atom stereocenters. The van der Waals surface area contributed by atoms with Gasteiger partial charge < -0.3 is 24.2 Å². The van der Waals surface area contributed by atoms with E-state index in [0.717, 1.165) is 37.6 Å². The molecule has 1 aromatic heterocycles. The molecule has 0 aliphatic carbocycles. The average Bonchev–Trinajstić information content (AvgIpc) is 2.73. The largest absolute Gasteiger partial charge is 0.453 e. The first-order chi connectivity index (χ1) is 13.5. The van der Waals surface area contributed by atoms with Crippen molar-refractivity contribution in [2.45, 2.75) is 13.2 Å². The highest BCUT2D eigenvalue weighted by Gasteiger charge is 2.22.